The van der Waals surface area contributed by atoms with Crippen molar-refractivity contribution in [2.45, 2.75) is 65.7 Å². The second kappa shape index (κ2) is 9.65. The van der Waals surface area contributed by atoms with Gasteiger partial charge < -0.3 is 4.74 Å². The van der Waals surface area contributed by atoms with Crippen LogP contribution in [0.1, 0.15) is 64.9 Å². The van der Waals surface area contributed by atoms with Gasteiger partial charge in [0.15, 0.2) is 0 Å². The van der Waals surface area contributed by atoms with Crippen LogP contribution in [-0.4, -0.2) is 7.11 Å². The van der Waals surface area contributed by atoms with E-state index in [0.29, 0.717) is 0 Å². The Bertz CT molecular complexity index is 416. The Balaban J connectivity index is 0.00000220. The molecule has 0 amide bonds. The van der Waals surface area contributed by atoms with Crippen LogP contribution >= 0.6 is 0 Å². The minimum atomic E-state index is 0. The zero-order valence-electron chi connectivity index (χ0n) is 13.0. The van der Waals surface area contributed by atoms with Crippen LogP contribution in [-0.2, 0) is 6.42 Å². The van der Waals surface area contributed by atoms with Crippen LogP contribution in [0.25, 0.3) is 0 Å². The molecule has 0 radical (unpaired) electrons. The first kappa shape index (κ1) is 17.8. The van der Waals surface area contributed by atoms with Crippen molar-refractivity contribution in [1.29, 1.82) is 0 Å². The molecule has 0 saturated heterocycles. The van der Waals surface area contributed by atoms with E-state index >= 15 is 0 Å². The Morgan fingerprint density at radius 3 is 2.38 bits per heavy atom. The second-order valence-electron chi connectivity index (χ2n) is 6.14. The van der Waals surface area contributed by atoms with Crippen molar-refractivity contribution in [3.8, 4) is 5.75 Å². The van der Waals surface area contributed by atoms with Crippen molar-refractivity contribution in [2.24, 2.45) is 5.92 Å². The maximum absolute atomic E-state index is 5.19. The van der Waals surface area contributed by atoms with E-state index in [0.717, 1.165) is 11.7 Å². The molecule has 0 bridgehead atoms. The number of methoxy groups -OCH3 is 1. The van der Waals surface area contributed by atoms with Crippen molar-refractivity contribution in [3.63, 3.8) is 0 Å². The molecule has 0 fully saturated rings. The molecule has 1 aliphatic carbocycles. The van der Waals surface area contributed by atoms with Crippen molar-refractivity contribution in [1.82, 2.24) is 0 Å². The first-order valence-electron chi connectivity index (χ1n) is 8.09. The summed E-state index contributed by atoms with van der Waals surface area (Å²) < 4.78 is 5.19. The Hall–Kier alpha value is -1.24. The highest BCUT2D eigenvalue weighted by molar-refractivity contribution is 5.27. The monoisotopic (exact) mass is 288 g/mol. The quantitative estimate of drug-likeness (QED) is 0.544. The molecule has 0 aromatic heterocycles. The molecule has 1 unspecified atom stereocenters. The normalized spacial score (nSPS) is 15.8. The molecule has 0 spiro atoms. The van der Waals surface area contributed by atoms with Gasteiger partial charge in [-0.1, -0.05) is 38.1 Å². The maximum Gasteiger partial charge on any atom is 0.118 e. The van der Waals surface area contributed by atoms with Crippen LogP contribution in [0.5, 0.6) is 5.75 Å². The Morgan fingerprint density at radius 1 is 1.05 bits per heavy atom. The van der Waals surface area contributed by atoms with Gasteiger partial charge in [0.05, 0.1) is 7.11 Å². The fraction of sp³-hybridized carbons (Fsp3) is 0.600. The Kier molecular flexibility index (Phi) is 8.19. The number of hydrogen-bond donors (Lipinski definition) is 0. The minimum Gasteiger partial charge on any atom is -0.497 e. The summed E-state index contributed by atoms with van der Waals surface area (Å²) in [5, 5.41) is 0. The topological polar surface area (TPSA) is 9.23 Å². The summed E-state index contributed by atoms with van der Waals surface area (Å²) in [4.78, 5) is 0. The first-order chi connectivity index (χ1) is 9.78. The van der Waals surface area contributed by atoms with Crippen LogP contribution in [0, 0.1) is 5.92 Å². The molecule has 1 aliphatic rings. The minimum absolute atomic E-state index is 0. The van der Waals surface area contributed by atoms with Gasteiger partial charge in [-0.25, -0.2) is 0 Å². The first-order valence-corrected chi connectivity index (χ1v) is 8.09. The van der Waals surface area contributed by atoms with Crippen LogP contribution in [0.2, 0.25) is 0 Å². The molecular weight excluding hydrogens is 256 g/mol. The van der Waals surface area contributed by atoms with E-state index in [1.807, 2.05) is 0 Å². The fourth-order valence-corrected chi connectivity index (χ4v) is 2.91. The fourth-order valence-electron chi connectivity index (χ4n) is 2.91. The summed E-state index contributed by atoms with van der Waals surface area (Å²) >= 11 is 0. The molecule has 21 heavy (non-hydrogen) atoms. The summed E-state index contributed by atoms with van der Waals surface area (Å²) in [5.74, 6) is 1.77. The lowest BCUT2D eigenvalue weighted by Gasteiger charge is -2.16. The predicted octanol–water partition coefficient (Wildman–Crippen LogP) is 6.18. The van der Waals surface area contributed by atoms with Gasteiger partial charge in [0.2, 0.25) is 0 Å². The van der Waals surface area contributed by atoms with E-state index in [4.69, 9.17) is 4.74 Å². The van der Waals surface area contributed by atoms with E-state index in [1.165, 1.54) is 56.9 Å². The third-order valence-corrected chi connectivity index (χ3v) is 4.43. The highest BCUT2D eigenvalue weighted by Crippen LogP contribution is 2.24. The van der Waals surface area contributed by atoms with E-state index in [2.05, 4.69) is 37.3 Å². The SMILES string of the molecule is C.COc1ccc(CCC(C)CCC2=CCCCC2)cc1. The Morgan fingerprint density at radius 2 is 1.76 bits per heavy atom. The summed E-state index contributed by atoms with van der Waals surface area (Å²) in [6.45, 7) is 2.40. The number of hydrogen-bond acceptors (Lipinski definition) is 1. The second-order valence-corrected chi connectivity index (χ2v) is 6.14. The van der Waals surface area contributed by atoms with Gasteiger partial charge in [0.1, 0.15) is 5.75 Å². The maximum atomic E-state index is 5.19. The third kappa shape index (κ3) is 6.37. The lowest BCUT2D eigenvalue weighted by Crippen LogP contribution is -2.00. The highest BCUT2D eigenvalue weighted by atomic mass is 16.5. The van der Waals surface area contributed by atoms with Crippen molar-refractivity contribution in [3.05, 3.63) is 41.5 Å². The smallest absolute Gasteiger partial charge is 0.118 e. The molecule has 118 valence electrons. The standard InChI is InChI=1S/C19H28O.CH4/c1-16(8-10-17-6-4-3-5-7-17)9-11-18-12-14-19(20-2)15-13-18;/h6,12-16H,3-5,7-11H2,1-2H3;1H4. The lowest BCUT2D eigenvalue weighted by atomic mass is 9.90. The molecule has 0 heterocycles. The van der Waals surface area contributed by atoms with Gasteiger partial charge in [-0.3, -0.25) is 0 Å². The summed E-state index contributed by atoms with van der Waals surface area (Å²) in [6, 6.07) is 8.50. The van der Waals surface area contributed by atoms with Gasteiger partial charge in [-0.15, -0.1) is 0 Å². The zero-order valence-corrected chi connectivity index (χ0v) is 13.0. The van der Waals surface area contributed by atoms with E-state index in [-0.39, 0.29) is 7.43 Å². The van der Waals surface area contributed by atoms with Gasteiger partial charge in [-0.05, 0) is 75.0 Å². The summed E-state index contributed by atoms with van der Waals surface area (Å²) in [5.41, 5.74) is 3.14. The number of allylic oxidation sites excluding steroid dienone is 2. The van der Waals surface area contributed by atoms with Gasteiger partial charge in [0.25, 0.3) is 0 Å². The number of rotatable bonds is 7. The number of aryl methyl sites for hydroxylation is 1. The number of benzene rings is 1. The van der Waals surface area contributed by atoms with Gasteiger partial charge in [-0.2, -0.15) is 0 Å². The molecule has 1 heteroatoms. The molecule has 0 aliphatic heterocycles. The van der Waals surface area contributed by atoms with E-state index in [9.17, 15) is 0 Å². The van der Waals surface area contributed by atoms with Crippen molar-refractivity contribution >= 4 is 0 Å². The van der Waals surface area contributed by atoms with Crippen LogP contribution in [0.3, 0.4) is 0 Å². The molecule has 2 rings (SSSR count). The summed E-state index contributed by atoms with van der Waals surface area (Å²) in [7, 11) is 1.72. The molecular formula is C20H32O. The molecule has 1 aromatic rings. The third-order valence-electron chi connectivity index (χ3n) is 4.43. The summed E-state index contributed by atoms with van der Waals surface area (Å²) in [6.07, 6.45) is 13.1. The average molecular weight is 288 g/mol. The van der Waals surface area contributed by atoms with Crippen molar-refractivity contribution in [2.75, 3.05) is 7.11 Å². The van der Waals surface area contributed by atoms with Gasteiger partial charge >= 0.3 is 0 Å². The van der Waals surface area contributed by atoms with Crippen LogP contribution < -0.4 is 4.74 Å². The number of ether oxygens (including phenoxy) is 1. The van der Waals surface area contributed by atoms with Crippen molar-refractivity contribution < 1.29 is 4.74 Å². The predicted molar refractivity (Wildman–Crippen MR) is 93.0 cm³/mol. The van der Waals surface area contributed by atoms with Crippen LogP contribution in [0.15, 0.2) is 35.9 Å². The lowest BCUT2D eigenvalue weighted by molar-refractivity contribution is 0.414. The largest absolute Gasteiger partial charge is 0.497 e. The zero-order chi connectivity index (χ0) is 14.2. The Labute approximate surface area is 131 Å². The molecule has 0 saturated carbocycles. The van der Waals surface area contributed by atoms with Gasteiger partial charge in [0, 0.05) is 0 Å². The van der Waals surface area contributed by atoms with E-state index < -0.39 is 0 Å². The molecule has 1 atom stereocenters. The van der Waals surface area contributed by atoms with Crippen LogP contribution in [0.4, 0.5) is 0 Å². The molecule has 1 aromatic carbocycles. The molecule has 1 nitrogen and oxygen atoms in total. The van der Waals surface area contributed by atoms with E-state index in [1.54, 1.807) is 12.7 Å². The average Bonchev–Trinajstić information content (AvgIpc) is 2.52. The highest BCUT2D eigenvalue weighted by Gasteiger charge is 2.07. The molecule has 0 N–H and O–H groups in total.